The molecule has 1 atom stereocenters. The van der Waals surface area contributed by atoms with E-state index in [1.165, 1.54) is 0 Å². The Morgan fingerprint density at radius 3 is 2.37 bits per heavy atom. The fourth-order valence-electron chi connectivity index (χ4n) is 2.42. The fraction of sp³-hybridized carbons (Fsp3) is 0.375. The number of nitro benzene ring substituents is 1. The number of benzene rings is 1. The summed E-state index contributed by atoms with van der Waals surface area (Å²) in [4.78, 5) is 10.7. The molecule has 0 saturated carbocycles. The molecule has 0 saturated heterocycles. The zero-order chi connectivity index (χ0) is 14.6. The Balaban J connectivity index is 0.000000399. The molecular weight excluding hydrogens is 238 g/mol. The summed E-state index contributed by atoms with van der Waals surface area (Å²) in [5.41, 5.74) is 2.36. The number of fused-ring (bicyclic) bond motifs is 1. The van der Waals surface area contributed by atoms with Gasteiger partial charge in [-0.2, -0.15) is 0 Å². The largest absolute Gasteiger partial charge is 0.273 e. The van der Waals surface area contributed by atoms with Crippen LogP contribution in [0, 0.1) is 16.0 Å². The molecule has 0 amide bonds. The van der Waals surface area contributed by atoms with E-state index >= 15 is 0 Å². The number of rotatable bonds is 3. The topological polar surface area (TPSA) is 43.1 Å². The maximum atomic E-state index is 10.9. The Morgan fingerprint density at radius 1 is 1.37 bits per heavy atom. The van der Waals surface area contributed by atoms with Gasteiger partial charge in [-0.05, 0) is 17.9 Å². The molecule has 0 heterocycles. The highest BCUT2D eigenvalue weighted by atomic mass is 16.6. The van der Waals surface area contributed by atoms with Gasteiger partial charge in [0, 0.05) is 17.0 Å². The van der Waals surface area contributed by atoms with E-state index in [0.717, 1.165) is 17.5 Å². The van der Waals surface area contributed by atoms with E-state index in [1.807, 2.05) is 6.07 Å². The van der Waals surface area contributed by atoms with Gasteiger partial charge in [0.05, 0.1) is 4.92 Å². The predicted molar refractivity (Wildman–Crippen MR) is 79.4 cm³/mol. The van der Waals surface area contributed by atoms with Gasteiger partial charge in [0.2, 0.25) is 0 Å². The zero-order valence-corrected chi connectivity index (χ0v) is 11.8. The molecular formula is C16H21NO2. The molecule has 1 aliphatic rings. The maximum absolute atomic E-state index is 10.9. The van der Waals surface area contributed by atoms with Gasteiger partial charge in [-0.3, -0.25) is 10.1 Å². The number of hydrogen-bond donors (Lipinski definition) is 0. The van der Waals surface area contributed by atoms with Crippen molar-refractivity contribution < 1.29 is 4.92 Å². The maximum Gasteiger partial charge on any atom is 0.273 e. The Hall–Kier alpha value is -1.90. The van der Waals surface area contributed by atoms with Crippen LogP contribution in [0.2, 0.25) is 0 Å². The first kappa shape index (κ1) is 15.2. The average molecular weight is 259 g/mol. The summed E-state index contributed by atoms with van der Waals surface area (Å²) < 4.78 is 0. The van der Waals surface area contributed by atoms with E-state index in [1.54, 1.807) is 24.3 Å². The van der Waals surface area contributed by atoms with Crippen molar-refractivity contribution in [3.05, 3.63) is 64.8 Å². The summed E-state index contributed by atoms with van der Waals surface area (Å²) in [5, 5.41) is 10.9. The van der Waals surface area contributed by atoms with Crippen LogP contribution in [-0.2, 0) is 11.8 Å². The van der Waals surface area contributed by atoms with Crippen molar-refractivity contribution in [1.82, 2.24) is 0 Å². The Kier molecular flexibility index (Phi) is 4.65. The third-order valence-corrected chi connectivity index (χ3v) is 3.90. The second-order valence-electron chi connectivity index (χ2n) is 5.29. The molecule has 0 radical (unpaired) electrons. The summed E-state index contributed by atoms with van der Waals surface area (Å²) >= 11 is 0. The first-order chi connectivity index (χ1) is 8.88. The van der Waals surface area contributed by atoms with Crippen LogP contribution < -0.4 is 0 Å². The van der Waals surface area contributed by atoms with Gasteiger partial charge in [0.1, 0.15) is 0 Å². The quantitative estimate of drug-likeness (QED) is 0.458. The SMILES string of the molecule is C=CC=C.CC(C)C1(C)Cc2cccc([N+](=O)[O-])c21. The lowest BCUT2D eigenvalue weighted by molar-refractivity contribution is -0.386. The average Bonchev–Trinajstić information content (AvgIpc) is 2.36. The molecule has 3 nitrogen and oxygen atoms in total. The lowest BCUT2D eigenvalue weighted by Crippen LogP contribution is -2.41. The second kappa shape index (κ2) is 5.83. The third kappa shape index (κ3) is 2.75. The van der Waals surface area contributed by atoms with Crippen molar-refractivity contribution in [3.63, 3.8) is 0 Å². The molecule has 0 N–H and O–H groups in total. The van der Waals surface area contributed by atoms with E-state index in [4.69, 9.17) is 0 Å². The highest BCUT2D eigenvalue weighted by molar-refractivity contribution is 5.57. The Bertz CT molecular complexity index is 499. The van der Waals surface area contributed by atoms with Crippen LogP contribution in [0.5, 0.6) is 0 Å². The first-order valence-electron chi connectivity index (χ1n) is 6.38. The molecule has 102 valence electrons. The number of allylic oxidation sites excluding steroid dienone is 2. The van der Waals surface area contributed by atoms with Gasteiger partial charge >= 0.3 is 0 Å². The first-order valence-corrected chi connectivity index (χ1v) is 6.38. The van der Waals surface area contributed by atoms with Crippen LogP contribution in [0.15, 0.2) is 43.5 Å². The molecule has 3 heteroatoms. The van der Waals surface area contributed by atoms with Crippen molar-refractivity contribution >= 4 is 5.69 Å². The normalized spacial score (nSPS) is 19.6. The number of nitro groups is 1. The second-order valence-corrected chi connectivity index (χ2v) is 5.29. The fourth-order valence-corrected chi connectivity index (χ4v) is 2.42. The van der Waals surface area contributed by atoms with Crippen LogP contribution in [-0.4, -0.2) is 4.92 Å². The smallest absolute Gasteiger partial charge is 0.258 e. The van der Waals surface area contributed by atoms with Gasteiger partial charge in [-0.25, -0.2) is 0 Å². The molecule has 1 aromatic rings. The molecule has 0 fully saturated rings. The summed E-state index contributed by atoms with van der Waals surface area (Å²) in [6.07, 6.45) is 4.24. The lowest BCUT2D eigenvalue weighted by Gasteiger charge is -2.43. The number of nitrogens with zero attached hydrogens (tertiary/aromatic N) is 1. The van der Waals surface area contributed by atoms with Crippen LogP contribution in [0.1, 0.15) is 31.9 Å². The zero-order valence-electron chi connectivity index (χ0n) is 11.8. The Labute approximate surface area is 114 Å². The summed E-state index contributed by atoms with van der Waals surface area (Å²) in [6.45, 7) is 13.1. The standard InChI is InChI=1S/C12H15NO2.C4H6/c1-8(2)12(3)7-9-5-4-6-10(11(9)12)13(14)15;1-3-4-2/h4-6,8H,7H2,1-3H3;3-4H,1-2H2. The van der Waals surface area contributed by atoms with E-state index in [0.29, 0.717) is 5.92 Å². The van der Waals surface area contributed by atoms with Gasteiger partial charge in [-0.15, -0.1) is 0 Å². The summed E-state index contributed by atoms with van der Waals surface area (Å²) in [7, 11) is 0. The molecule has 1 aromatic carbocycles. The Morgan fingerprint density at radius 2 is 1.95 bits per heavy atom. The minimum Gasteiger partial charge on any atom is -0.258 e. The summed E-state index contributed by atoms with van der Waals surface area (Å²) in [6, 6.07) is 5.38. The van der Waals surface area contributed by atoms with Gasteiger partial charge < -0.3 is 0 Å². The molecule has 1 unspecified atom stereocenters. The molecule has 1 aliphatic carbocycles. The van der Waals surface area contributed by atoms with Crippen LogP contribution in [0.25, 0.3) is 0 Å². The van der Waals surface area contributed by atoms with E-state index in [2.05, 4.69) is 33.9 Å². The van der Waals surface area contributed by atoms with Gasteiger partial charge in [0.15, 0.2) is 0 Å². The van der Waals surface area contributed by atoms with Crippen LogP contribution >= 0.6 is 0 Å². The van der Waals surface area contributed by atoms with E-state index in [9.17, 15) is 10.1 Å². The van der Waals surface area contributed by atoms with Crippen molar-refractivity contribution in [2.45, 2.75) is 32.6 Å². The molecule has 0 aliphatic heterocycles. The van der Waals surface area contributed by atoms with Crippen molar-refractivity contribution in [3.8, 4) is 0 Å². The minimum absolute atomic E-state index is 0.0149. The van der Waals surface area contributed by atoms with Gasteiger partial charge in [0.25, 0.3) is 5.69 Å². The third-order valence-electron chi connectivity index (χ3n) is 3.90. The van der Waals surface area contributed by atoms with Crippen molar-refractivity contribution in [2.75, 3.05) is 0 Å². The van der Waals surface area contributed by atoms with Crippen LogP contribution in [0.4, 0.5) is 5.69 Å². The van der Waals surface area contributed by atoms with Crippen LogP contribution in [0.3, 0.4) is 0 Å². The van der Waals surface area contributed by atoms with Crippen molar-refractivity contribution in [1.29, 1.82) is 0 Å². The molecule has 0 aromatic heterocycles. The van der Waals surface area contributed by atoms with E-state index in [-0.39, 0.29) is 16.0 Å². The van der Waals surface area contributed by atoms with Gasteiger partial charge in [-0.1, -0.05) is 58.2 Å². The predicted octanol–water partition coefficient (Wildman–Crippen LogP) is 4.42. The minimum atomic E-state index is -0.265. The molecule has 2 rings (SSSR count). The molecule has 0 bridgehead atoms. The highest BCUT2D eigenvalue weighted by Crippen LogP contribution is 2.50. The molecule has 19 heavy (non-hydrogen) atoms. The number of hydrogen-bond acceptors (Lipinski definition) is 2. The highest BCUT2D eigenvalue weighted by Gasteiger charge is 2.45. The summed E-state index contributed by atoms with van der Waals surface area (Å²) in [5.74, 6) is 0.436. The lowest BCUT2D eigenvalue weighted by atomic mass is 9.59. The molecule has 0 spiro atoms. The van der Waals surface area contributed by atoms with E-state index < -0.39 is 0 Å². The van der Waals surface area contributed by atoms with Crippen molar-refractivity contribution in [2.24, 2.45) is 5.92 Å². The monoisotopic (exact) mass is 259 g/mol.